The number of aromatic nitrogens is 1. The maximum Gasteiger partial charge on any atom is 0.293 e. The third kappa shape index (κ3) is 2.20. The number of rotatable bonds is 2. The van der Waals surface area contributed by atoms with Crippen molar-refractivity contribution in [2.75, 3.05) is 5.32 Å². The normalized spacial score (nSPS) is 10.1. The molecule has 6 heteroatoms. The Morgan fingerprint density at radius 3 is 2.94 bits per heavy atom. The first-order valence-electron chi connectivity index (χ1n) is 4.32. The molecule has 0 bridgehead atoms. The van der Waals surface area contributed by atoms with Crippen LogP contribution in [0.5, 0.6) is 0 Å². The molecule has 0 atom stereocenters. The summed E-state index contributed by atoms with van der Waals surface area (Å²) in [6, 6.07) is 3.87. The number of amides is 1. The zero-order valence-corrected chi connectivity index (χ0v) is 8.66. The predicted octanol–water partition coefficient (Wildman–Crippen LogP) is 2.72. The first kappa shape index (κ1) is 10.6. The van der Waals surface area contributed by atoms with Crippen molar-refractivity contribution in [2.45, 2.75) is 0 Å². The summed E-state index contributed by atoms with van der Waals surface area (Å²) in [5, 5.41) is 2.43. The highest BCUT2D eigenvalue weighted by Gasteiger charge is 2.10. The summed E-state index contributed by atoms with van der Waals surface area (Å²) in [4.78, 5) is 15.1. The van der Waals surface area contributed by atoms with Crippen LogP contribution in [0.1, 0.15) is 10.6 Å². The van der Waals surface area contributed by atoms with Crippen molar-refractivity contribution < 1.29 is 13.6 Å². The van der Waals surface area contributed by atoms with Gasteiger partial charge in [-0.1, -0.05) is 11.6 Å². The van der Waals surface area contributed by atoms with Gasteiger partial charge in [-0.15, -0.1) is 0 Å². The van der Waals surface area contributed by atoms with Crippen molar-refractivity contribution in [3.63, 3.8) is 0 Å². The quantitative estimate of drug-likeness (QED) is 0.878. The number of halogens is 2. The molecule has 1 heterocycles. The van der Waals surface area contributed by atoms with Crippen LogP contribution in [-0.2, 0) is 0 Å². The largest absolute Gasteiger partial charge is 0.438 e. The smallest absolute Gasteiger partial charge is 0.293 e. The van der Waals surface area contributed by atoms with E-state index in [9.17, 15) is 9.18 Å². The minimum atomic E-state index is -0.542. The molecule has 1 N–H and O–H groups in total. The number of oxazole rings is 1. The van der Waals surface area contributed by atoms with Gasteiger partial charge in [-0.05, 0) is 18.2 Å². The van der Waals surface area contributed by atoms with Crippen LogP contribution in [0.25, 0.3) is 0 Å². The van der Waals surface area contributed by atoms with Crippen LogP contribution in [0.15, 0.2) is 35.2 Å². The molecule has 0 radical (unpaired) electrons. The topological polar surface area (TPSA) is 55.1 Å². The maximum absolute atomic E-state index is 12.8. The Bertz CT molecular complexity index is 514. The van der Waals surface area contributed by atoms with E-state index in [1.54, 1.807) is 0 Å². The standard InChI is InChI=1S/C10H6ClFN2O2/c11-7-3-6(1-2-8(7)12)14-10(15)9-4-13-5-16-9/h1-5H,(H,14,15). The Hall–Kier alpha value is -1.88. The lowest BCUT2D eigenvalue weighted by Gasteiger charge is -2.03. The summed E-state index contributed by atoms with van der Waals surface area (Å²) in [7, 11) is 0. The SMILES string of the molecule is O=C(Nc1ccc(F)c(Cl)c1)c1cnco1. The van der Waals surface area contributed by atoms with E-state index in [0.717, 1.165) is 6.39 Å². The van der Waals surface area contributed by atoms with Crippen LogP contribution in [0.4, 0.5) is 10.1 Å². The van der Waals surface area contributed by atoms with Gasteiger partial charge in [0.1, 0.15) is 5.82 Å². The number of hydrogen-bond acceptors (Lipinski definition) is 3. The first-order chi connectivity index (χ1) is 7.66. The number of nitrogens with zero attached hydrogens (tertiary/aromatic N) is 1. The van der Waals surface area contributed by atoms with Crippen LogP contribution in [0.2, 0.25) is 5.02 Å². The van der Waals surface area contributed by atoms with Gasteiger partial charge >= 0.3 is 0 Å². The van der Waals surface area contributed by atoms with Gasteiger partial charge in [0.15, 0.2) is 6.39 Å². The van der Waals surface area contributed by atoms with E-state index >= 15 is 0 Å². The molecule has 0 unspecified atom stereocenters. The van der Waals surface area contributed by atoms with E-state index in [0.29, 0.717) is 5.69 Å². The van der Waals surface area contributed by atoms with Crippen LogP contribution < -0.4 is 5.32 Å². The highest BCUT2D eigenvalue weighted by Crippen LogP contribution is 2.19. The van der Waals surface area contributed by atoms with Crippen molar-refractivity contribution in [3.05, 3.63) is 47.4 Å². The van der Waals surface area contributed by atoms with Crippen molar-refractivity contribution in [3.8, 4) is 0 Å². The zero-order chi connectivity index (χ0) is 11.5. The van der Waals surface area contributed by atoms with Crippen LogP contribution >= 0.6 is 11.6 Å². The molecule has 0 aliphatic rings. The van der Waals surface area contributed by atoms with Gasteiger partial charge in [-0.3, -0.25) is 4.79 Å². The molecule has 0 spiro atoms. The molecule has 2 aromatic rings. The highest BCUT2D eigenvalue weighted by atomic mass is 35.5. The van der Waals surface area contributed by atoms with Crippen molar-refractivity contribution >= 4 is 23.2 Å². The second-order valence-corrected chi connectivity index (χ2v) is 3.36. The molecule has 1 aromatic carbocycles. The maximum atomic E-state index is 12.8. The third-order valence-corrected chi connectivity index (χ3v) is 2.12. The second kappa shape index (κ2) is 4.32. The van der Waals surface area contributed by atoms with E-state index in [2.05, 4.69) is 10.3 Å². The summed E-state index contributed by atoms with van der Waals surface area (Å²) >= 11 is 5.56. The predicted molar refractivity (Wildman–Crippen MR) is 55.9 cm³/mol. The fourth-order valence-electron chi connectivity index (χ4n) is 1.09. The number of carbonyl (C=O) groups excluding carboxylic acids is 1. The van der Waals surface area contributed by atoms with E-state index in [-0.39, 0.29) is 10.8 Å². The molecular weight excluding hydrogens is 235 g/mol. The monoisotopic (exact) mass is 240 g/mol. The summed E-state index contributed by atoms with van der Waals surface area (Å²) in [5.41, 5.74) is 0.382. The first-order valence-corrected chi connectivity index (χ1v) is 4.69. The van der Waals surface area contributed by atoms with Gasteiger partial charge in [0.05, 0.1) is 11.2 Å². The van der Waals surface area contributed by atoms with Gasteiger partial charge in [0.25, 0.3) is 5.91 Å². The molecule has 1 aromatic heterocycles. The molecule has 16 heavy (non-hydrogen) atoms. The summed E-state index contributed by atoms with van der Waals surface area (Å²) in [6.07, 6.45) is 2.42. The van der Waals surface area contributed by atoms with Gasteiger partial charge < -0.3 is 9.73 Å². The van der Waals surface area contributed by atoms with Gasteiger partial charge in [0.2, 0.25) is 5.76 Å². The minimum absolute atomic E-state index is 0.0598. The number of anilines is 1. The molecule has 0 aliphatic carbocycles. The molecule has 0 saturated heterocycles. The molecule has 0 saturated carbocycles. The molecule has 82 valence electrons. The average molecular weight is 241 g/mol. The van der Waals surface area contributed by atoms with Crippen LogP contribution in [-0.4, -0.2) is 10.9 Å². The molecule has 0 fully saturated rings. The number of benzene rings is 1. The third-order valence-electron chi connectivity index (χ3n) is 1.83. The number of hydrogen-bond donors (Lipinski definition) is 1. The lowest BCUT2D eigenvalue weighted by molar-refractivity contribution is 0.0996. The summed E-state index contributed by atoms with van der Waals surface area (Å²) in [6.45, 7) is 0. The Balaban J connectivity index is 2.15. The van der Waals surface area contributed by atoms with Gasteiger partial charge in [0, 0.05) is 5.69 Å². The Morgan fingerprint density at radius 2 is 2.31 bits per heavy atom. The molecule has 0 aliphatic heterocycles. The van der Waals surface area contributed by atoms with Gasteiger partial charge in [-0.2, -0.15) is 0 Å². The average Bonchev–Trinajstić information content (AvgIpc) is 2.77. The molecule has 4 nitrogen and oxygen atoms in total. The lowest BCUT2D eigenvalue weighted by atomic mass is 10.3. The number of nitrogens with one attached hydrogen (secondary N) is 1. The Kier molecular flexibility index (Phi) is 2.87. The van der Waals surface area contributed by atoms with Crippen LogP contribution in [0, 0.1) is 5.82 Å². The fourth-order valence-corrected chi connectivity index (χ4v) is 1.28. The van der Waals surface area contributed by atoms with Gasteiger partial charge in [-0.25, -0.2) is 9.37 Å². The van der Waals surface area contributed by atoms with Crippen molar-refractivity contribution in [1.29, 1.82) is 0 Å². The summed E-state index contributed by atoms with van der Waals surface area (Å²) < 4.78 is 17.6. The highest BCUT2D eigenvalue weighted by molar-refractivity contribution is 6.31. The molecule has 1 amide bonds. The minimum Gasteiger partial charge on any atom is -0.438 e. The van der Waals surface area contributed by atoms with E-state index in [4.69, 9.17) is 16.0 Å². The van der Waals surface area contributed by atoms with Crippen molar-refractivity contribution in [1.82, 2.24) is 4.98 Å². The zero-order valence-electron chi connectivity index (χ0n) is 7.91. The Morgan fingerprint density at radius 1 is 1.50 bits per heavy atom. The van der Waals surface area contributed by atoms with Crippen LogP contribution in [0.3, 0.4) is 0 Å². The van der Waals surface area contributed by atoms with Crippen molar-refractivity contribution in [2.24, 2.45) is 0 Å². The van der Waals surface area contributed by atoms with E-state index in [1.165, 1.54) is 24.4 Å². The second-order valence-electron chi connectivity index (χ2n) is 2.95. The molecular formula is C10H6ClFN2O2. The van der Waals surface area contributed by atoms with E-state index in [1.807, 2.05) is 0 Å². The number of carbonyl (C=O) groups is 1. The lowest BCUT2D eigenvalue weighted by Crippen LogP contribution is -2.10. The fraction of sp³-hybridized carbons (Fsp3) is 0. The van der Waals surface area contributed by atoms with E-state index < -0.39 is 11.7 Å². The Labute approximate surface area is 95.0 Å². The summed E-state index contributed by atoms with van der Waals surface area (Å²) in [5.74, 6) is -0.944. The molecule has 2 rings (SSSR count).